The number of carbonyl (C=O) groups is 1. The number of hydrogen-bond donors (Lipinski definition) is 1. The number of nitrogens with zero attached hydrogens (tertiary/aromatic N) is 2. The van der Waals surface area contributed by atoms with Crippen molar-refractivity contribution in [2.24, 2.45) is 0 Å². The van der Waals surface area contributed by atoms with E-state index in [-0.39, 0.29) is 16.3 Å². The first kappa shape index (κ1) is 17.0. The first-order valence-electron chi connectivity index (χ1n) is 7.22. The van der Waals surface area contributed by atoms with Crippen LogP contribution < -0.4 is 5.32 Å². The molecule has 3 aromatic rings. The number of aromatic nitrogens is 2. The zero-order chi connectivity index (χ0) is 16.9. The number of amides is 1. The van der Waals surface area contributed by atoms with Crippen molar-refractivity contribution in [1.29, 1.82) is 0 Å². The Bertz CT molecular complexity index is 839. The van der Waals surface area contributed by atoms with Gasteiger partial charge in [0, 0.05) is 17.1 Å². The molecule has 4 nitrogen and oxygen atoms in total. The van der Waals surface area contributed by atoms with Crippen molar-refractivity contribution >= 4 is 46.3 Å². The third-order valence-corrected chi connectivity index (χ3v) is 5.59. The van der Waals surface area contributed by atoms with E-state index >= 15 is 0 Å². The molecule has 7 heteroatoms. The van der Waals surface area contributed by atoms with Gasteiger partial charge in [-0.2, -0.15) is 0 Å². The van der Waals surface area contributed by atoms with Crippen LogP contribution in [0.3, 0.4) is 0 Å². The summed E-state index contributed by atoms with van der Waals surface area (Å²) in [6, 6.07) is 13.4. The molecule has 0 bridgehead atoms. The number of rotatable bonds is 5. The Morgan fingerprint density at radius 3 is 2.79 bits per heavy atom. The summed E-state index contributed by atoms with van der Waals surface area (Å²) in [5, 5.41) is 4.78. The average molecular weight is 376 g/mol. The Balaban J connectivity index is 1.65. The molecule has 0 saturated carbocycles. The second-order valence-corrected chi connectivity index (χ2v) is 7.76. The van der Waals surface area contributed by atoms with Crippen molar-refractivity contribution in [1.82, 2.24) is 9.97 Å². The molecule has 2 heterocycles. The van der Waals surface area contributed by atoms with Gasteiger partial charge < -0.3 is 5.32 Å². The zero-order valence-corrected chi connectivity index (χ0v) is 15.2. The summed E-state index contributed by atoms with van der Waals surface area (Å²) in [6.07, 6.45) is 1.58. The molecule has 24 heavy (non-hydrogen) atoms. The van der Waals surface area contributed by atoms with Gasteiger partial charge in [-0.15, -0.1) is 11.3 Å². The summed E-state index contributed by atoms with van der Waals surface area (Å²) in [4.78, 5) is 20.8. The lowest BCUT2D eigenvalue weighted by atomic mass is 10.2. The summed E-state index contributed by atoms with van der Waals surface area (Å²) < 4.78 is 0.855. The quantitative estimate of drug-likeness (QED) is 0.504. The number of anilines is 1. The Morgan fingerprint density at radius 2 is 2.04 bits per heavy atom. The van der Waals surface area contributed by atoms with Crippen LogP contribution in [0.15, 0.2) is 58.4 Å². The van der Waals surface area contributed by atoms with Gasteiger partial charge in [0.05, 0.1) is 16.6 Å². The van der Waals surface area contributed by atoms with Crippen LogP contribution >= 0.6 is 34.7 Å². The van der Waals surface area contributed by atoms with Crippen molar-refractivity contribution in [2.75, 3.05) is 5.32 Å². The molecule has 122 valence electrons. The van der Waals surface area contributed by atoms with Gasteiger partial charge in [0.15, 0.2) is 9.49 Å². The highest BCUT2D eigenvalue weighted by atomic mass is 35.5. The van der Waals surface area contributed by atoms with Crippen LogP contribution in [0, 0.1) is 0 Å². The number of benzene rings is 1. The molecule has 1 amide bonds. The number of thiazole rings is 1. The van der Waals surface area contributed by atoms with Crippen LogP contribution in [0.5, 0.6) is 0 Å². The molecular weight excluding hydrogens is 362 g/mol. The molecule has 0 radical (unpaired) electrons. The van der Waals surface area contributed by atoms with Gasteiger partial charge in [0.1, 0.15) is 0 Å². The zero-order valence-electron chi connectivity index (χ0n) is 12.8. The monoisotopic (exact) mass is 375 g/mol. The first-order chi connectivity index (χ1) is 11.6. The van der Waals surface area contributed by atoms with E-state index in [4.69, 9.17) is 11.6 Å². The van der Waals surface area contributed by atoms with Gasteiger partial charge in [0.2, 0.25) is 5.91 Å². The Labute approximate surface area is 153 Å². The molecule has 0 saturated heterocycles. The molecular formula is C17H14ClN3OS2. The van der Waals surface area contributed by atoms with Crippen molar-refractivity contribution in [3.63, 3.8) is 0 Å². The highest BCUT2D eigenvalue weighted by Crippen LogP contribution is 2.31. The van der Waals surface area contributed by atoms with E-state index < -0.39 is 0 Å². The molecule has 2 aromatic heterocycles. The minimum Gasteiger partial charge on any atom is -0.322 e. The highest BCUT2D eigenvalue weighted by molar-refractivity contribution is 8.02. The number of thioether (sulfide) groups is 1. The Hall–Kier alpha value is -1.89. The molecule has 1 N–H and O–H groups in total. The summed E-state index contributed by atoms with van der Waals surface area (Å²) in [7, 11) is 0. The lowest BCUT2D eigenvalue weighted by molar-refractivity contribution is -0.115. The SMILES string of the molecule is CC(Sc1nc(-c2ccccc2)cs1)C(=O)Nc1cccnc1Cl. The molecule has 0 aliphatic heterocycles. The van der Waals surface area contributed by atoms with Gasteiger partial charge in [0.25, 0.3) is 0 Å². The van der Waals surface area contributed by atoms with E-state index in [2.05, 4.69) is 15.3 Å². The maximum atomic E-state index is 12.3. The normalized spacial score (nSPS) is 11.9. The van der Waals surface area contributed by atoms with Crippen molar-refractivity contribution in [2.45, 2.75) is 16.5 Å². The topological polar surface area (TPSA) is 54.9 Å². The highest BCUT2D eigenvalue weighted by Gasteiger charge is 2.18. The predicted octanol–water partition coefficient (Wildman–Crippen LogP) is 4.98. The van der Waals surface area contributed by atoms with E-state index in [1.54, 1.807) is 18.3 Å². The van der Waals surface area contributed by atoms with E-state index in [9.17, 15) is 4.79 Å². The molecule has 0 spiro atoms. The lowest BCUT2D eigenvalue weighted by Crippen LogP contribution is -2.22. The molecule has 0 fully saturated rings. The number of hydrogen-bond acceptors (Lipinski definition) is 5. The van der Waals surface area contributed by atoms with Crippen molar-refractivity contribution in [3.8, 4) is 11.3 Å². The third kappa shape index (κ3) is 4.14. The summed E-state index contributed by atoms with van der Waals surface area (Å²) >= 11 is 8.92. The first-order valence-corrected chi connectivity index (χ1v) is 9.36. The van der Waals surface area contributed by atoms with E-state index in [1.165, 1.54) is 23.1 Å². The molecule has 0 aliphatic rings. The summed E-state index contributed by atoms with van der Waals surface area (Å²) in [5.41, 5.74) is 2.51. The van der Waals surface area contributed by atoms with E-state index in [1.807, 2.05) is 42.6 Å². The number of pyridine rings is 1. The minimum atomic E-state index is -0.295. The molecule has 0 aliphatic carbocycles. The number of nitrogens with one attached hydrogen (secondary N) is 1. The fourth-order valence-electron chi connectivity index (χ4n) is 1.97. The number of halogens is 1. The minimum absolute atomic E-state index is 0.133. The van der Waals surface area contributed by atoms with Crippen molar-refractivity contribution < 1.29 is 4.79 Å². The van der Waals surface area contributed by atoms with Gasteiger partial charge in [-0.05, 0) is 19.1 Å². The van der Waals surface area contributed by atoms with Gasteiger partial charge in [-0.25, -0.2) is 9.97 Å². The van der Waals surface area contributed by atoms with Crippen LogP contribution in [0.2, 0.25) is 5.15 Å². The van der Waals surface area contributed by atoms with Gasteiger partial charge in [-0.3, -0.25) is 4.79 Å². The molecule has 1 aromatic carbocycles. The fraction of sp³-hybridized carbons (Fsp3) is 0.118. The summed E-state index contributed by atoms with van der Waals surface area (Å²) in [6.45, 7) is 1.84. The second kappa shape index (κ2) is 7.79. The lowest BCUT2D eigenvalue weighted by Gasteiger charge is -2.11. The van der Waals surface area contributed by atoms with Crippen LogP contribution in [-0.2, 0) is 4.79 Å². The molecule has 1 atom stereocenters. The van der Waals surface area contributed by atoms with Crippen LogP contribution in [0.1, 0.15) is 6.92 Å². The average Bonchev–Trinajstić information content (AvgIpc) is 3.06. The van der Waals surface area contributed by atoms with Gasteiger partial charge >= 0.3 is 0 Å². The maximum absolute atomic E-state index is 12.3. The van der Waals surface area contributed by atoms with E-state index in [0.29, 0.717) is 5.69 Å². The number of carbonyl (C=O) groups excluding carboxylic acids is 1. The maximum Gasteiger partial charge on any atom is 0.237 e. The van der Waals surface area contributed by atoms with Crippen molar-refractivity contribution in [3.05, 3.63) is 59.2 Å². The molecule has 1 unspecified atom stereocenters. The predicted molar refractivity (Wildman–Crippen MR) is 101 cm³/mol. The van der Waals surface area contributed by atoms with Crippen LogP contribution in [0.4, 0.5) is 5.69 Å². The van der Waals surface area contributed by atoms with Gasteiger partial charge in [-0.1, -0.05) is 53.7 Å². The second-order valence-electron chi connectivity index (χ2n) is 4.96. The fourth-order valence-corrected chi connectivity index (χ4v) is 4.11. The third-order valence-electron chi connectivity index (χ3n) is 3.22. The van der Waals surface area contributed by atoms with Crippen LogP contribution in [-0.4, -0.2) is 21.1 Å². The van der Waals surface area contributed by atoms with E-state index in [0.717, 1.165) is 15.6 Å². The Morgan fingerprint density at radius 1 is 1.25 bits per heavy atom. The van der Waals surface area contributed by atoms with Crippen LogP contribution in [0.25, 0.3) is 11.3 Å². The Kier molecular flexibility index (Phi) is 5.50. The summed E-state index contributed by atoms with van der Waals surface area (Å²) in [5.74, 6) is -0.133. The smallest absolute Gasteiger partial charge is 0.237 e. The largest absolute Gasteiger partial charge is 0.322 e. The standard InChI is InChI=1S/C17H14ClN3OS2/c1-11(16(22)20-13-8-5-9-19-15(13)18)24-17-21-14(10-23-17)12-6-3-2-4-7-12/h2-11H,1H3,(H,20,22). The molecule has 3 rings (SSSR count).